The Morgan fingerprint density at radius 2 is 2.11 bits per heavy atom. The smallest absolute Gasteiger partial charge is 0.179 e. The van der Waals surface area contributed by atoms with Crippen LogP contribution in [0.4, 0.5) is 0 Å². The highest BCUT2D eigenvalue weighted by atomic mass is 32.1. The molecule has 4 heteroatoms. The van der Waals surface area contributed by atoms with Crippen LogP contribution in [0, 0.1) is 11.8 Å². The molecule has 1 fully saturated rings. The molecule has 100 valence electrons. The summed E-state index contributed by atoms with van der Waals surface area (Å²) in [6.45, 7) is 4.32. The Kier molecular flexibility index (Phi) is 4.87. The predicted octanol–water partition coefficient (Wildman–Crippen LogP) is 3.89. The highest BCUT2D eigenvalue weighted by Gasteiger charge is 2.32. The summed E-state index contributed by atoms with van der Waals surface area (Å²) in [5, 5.41) is 4.12. The first-order valence-electron chi connectivity index (χ1n) is 7.13. The molecule has 3 nitrogen and oxygen atoms in total. The van der Waals surface area contributed by atoms with Crippen molar-refractivity contribution in [2.75, 3.05) is 0 Å². The van der Waals surface area contributed by atoms with Crippen molar-refractivity contribution >= 4 is 17.3 Å². The van der Waals surface area contributed by atoms with Crippen molar-refractivity contribution in [3.8, 4) is 0 Å². The van der Waals surface area contributed by atoms with Crippen LogP contribution in [0.25, 0.3) is 0 Å². The van der Waals surface area contributed by atoms with E-state index < -0.39 is 0 Å². The Bertz CT molecular complexity index is 402. The third-order valence-corrected chi connectivity index (χ3v) is 4.82. The van der Waals surface area contributed by atoms with E-state index in [0.717, 1.165) is 36.3 Å². The van der Waals surface area contributed by atoms with E-state index in [1.165, 1.54) is 30.8 Å². The van der Waals surface area contributed by atoms with Crippen molar-refractivity contribution in [2.24, 2.45) is 11.8 Å². The van der Waals surface area contributed by atoms with Gasteiger partial charge in [-0.1, -0.05) is 44.0 Å². The van der Waals surface area contributed by atoms with Gasteiger partial charge in [-0.15, -0.1) is 5.10 Å². The first kappa shape index (κ1) is 13.7. The number of hydrogen-bond acceptors (Lipinski definition) is 4. The maximum Gasteiger partial charge on any atom is 0.179 e. The van der Waals surface area contributed by atoms with Gasteiger partial charge in [0.2, 0.25) is 0 Å². The predicted molar refractivity (Wildman–Crippen MR) is 74.0 cm³/mol. The van der Waals surface area contributed by atoms with Gasteiger partial charge in [0.1, 0.15) is 4.88 Å². The molecule has 0 amide bonds. The molecule has 0 saturated heterocycles. The summed E-state index contributed by atoms with van der Waals surface area (Å²) in [4.78, 5) is 13.5. The number of carbonyl (C=O) groups excluding carboxylic acids is 1. The number of Topliss-reactive ketones (excluding diaryl/α,β-unsaturated/α-hetero) is 1. The fourth-order valence-electron chi connectivity index (χ4n) is 3.01. The van der Waals surface area contributed by atoms with Crippen LogP contribution in [-0.4, -0.2) is 15.4 Å². The van der Waals surface area contributed by atoms with E-state index in [-0.39, 0.29) is 5.92 Å². The molecular weight excluding hydrogens is 244 g/mol. The second-order valence-electron chi connectivity index (χ2n) is 5.22. The van der Waals surface area contributed by atoms with Gasteiger partial charge in [-0.25, -0.2) is 0 Å². The zero-order chi connectivity index (χ0) is 13.0. The number of aromatic nitrogens is 2. The molecular formula is C14H22N2OS. The molecule has 2 unspecified atom stereocenters. The van der Waals surface area contributed by atoms with Crippen molar-refractivity contribution in [1.29, 1.82) is 0 Å². The van der Waals surface area contributed by atoms with E-state index in [1.807, 2.05) is 0 Å². The molecule has 0 spiro atoms. The summed E-state index contributed by atoms with van der Waals surface area (Å²) in [5.74, 6) is 1.12. The maximum absolute atomic E-state index is 12.7. The number of ketones is 1. The molecule has 2 rings (SSSR count). The van der Waals surface area contributed by atoms with Gasteiger partial charge in [-0.2, -0.15) is 0 Å². The van der Waals surface area contributed by atoms with Crippen LogP contribution >= 0.6 is 11.5 Å². The topological polar surface area (TPSA) is 42.9 Å². The Morgan fingerprint density at radius 3 is 2.83 bits per heavy atom. The lowest BCUT2D eigenvalue weighted by Gasteiger charge is -2.29. The van der Waals surface area contributed by atoms with Gasteiger partial charge in [0.25, 0.3) is 0 Å². The molecule has 1 saturated carbocycles. The molecule has 1 aliphatic carbocycles. The number of nitrogens with zero attached hydrogens (tertiary/aromatic N) is 2. The zero-order valence-corrected chi connectivity index (χ0v) is 12.1. The lowest BCUT2D eigenvalue weighted by molar-refractivity contribution is 0.0823. The zero-order valence-electron chi connectivity index (χ0n) is 11.3. The summed E-state index contributed by atoms with van der Waals surface area (Å²) in [6.07, 6.45) is 7.76. The lowest BCUT2D eigenvalue weighted by atomic mass is 9.75. The quantitative estimate of drug-likeness (QED) is 0.759. The molecule has 0 bridgehead atoms. The highest BCUT2D eigenvalue weighted by Crippen LogP contribution is 2.35. The van der Waals surface area contributed by atoms with Crippen LogP contribution < -0.4 is 0 Å². The number of hydrogen-bond donors (Lipinski definition) is 0. The molecule has 1 heterocycles. The Morgan fingerprint density at radius 1 is 1.33 bits per heavy atom. The van der Waals surface area contributed by atoms with Gasteiger partial charge in [0.15, 0.2) is 5.78 Å². The van der Waals surface area contributed by atoms with E-state index in [4.69, 9.17) is 0 Å². The molecule has 0 aliphatic heterocycles. The van der Waals surface area contributed by atoms with Crippen molar-refractivity contribution < 1.29 is 4.79 Å². The van der Waals surface area contributed by atoms with E-state index in [2.05, 4.69) is 23.4 Å². The van der Waals surface area contributed by atoms with Crippen molar-refractivity contribution in [3.63, 3.8) is 0 Å². The second kappa shape index (κ2) is 6.41. The fourth-order valence-corrected chi connectivity index (χ4v) is 3.72. The van der Waals surface area contributed by atoms with E-state index in [1.54, 1.807) is 0 Å². The van der Waals surface area contributed by atoms with Gasteiger partial charge in [-0.05, 0) is 36.7 Å². The van der Waals surface area contributed by atoms with Crippen molar-refractivity contribution in [3.05, 3.63) is 10.6 Å². The molecule has 1 aromatic heterocycles. The largest absolute Gasteiger partial charge is 0.293 e. The molecule has 0 aromatic carbocycles. The van der Waals surface area contributed by atoms with Crippen LogP contribution in [0.5, 0.6) is 0 Å². The average Bonchev–Trinajstić information content (AvgIpc) is 2.86. The average molecular weight is 266 g/mol. The van der Waals surface area contributed by atoms with Gasteiger partial charge in [-0.3, -0.25) is 4.79 Å². The monoisotopic (exact) mass is 266 g/mol. The van der Waals surface area contributed by atoms with Gasteiger partial charge in [0, 0.05) is 5.92 Å². The fraction of sp³-hybridized carbons (Fsp3) is 0.786. The van der Waals surface area contributed by atoms with Crippen LogP contribution in [-0.2, 0) is 6.42 Å². The van der Waals surface area contributed by atoms with Crippen molar-refractivity contribution in [1.82, 2.24) is 9.59 Å². The van der Waals surface area contributed by atoms with E-state index >= 15 is 0 Å². The Balaban J connectivity index is 2.16. The first-order chi connectivity index (χ1) is 8.77. The summed E-state index contributed by atoms with van der Waals surface area (Å²) >= 11 is 1.29. The number of carbonyl (C=O) groups is 1. The molecule has 1 aromatic rings. The van der Waals surface area contributed by atoms with E-state index in [0.29, 0.717) is 11.7 Å². The Labute approximate surface area is 113 Å². The number of aryl methyl sites for hydroxylation is 1. The molecule has 0 radical (unpaired) electrons. The normalized spacial score (nSPS) is 24.1. The Hall–Kier alpha value is -0.770. The summed E-state index contributed by atoms with van der Waals surface area (Å²) in [6, 6.07) is 0. The summed E-state index contributed by atoms with van der Waals surface area (Å²) < 4.78 is 3.98. The third-order valence-electron chi connectivity index (χ3n) is 4.04. The second-order valence-corrected chi connectivity index (χ2v) is 5.98. The van der Waals surface area contributed by atoms with Crippen LogP contribution in [0.1, 0.15) is 67.7 Å². The standard InChI is InChI=1S/C14H22N2OS/c1-3-7-12-14(18-16-15-12)13(17)11-9-6-5-8-10(11)4-2/h10-11H,3-9H2,1-2H3. The highest BCUT2D eigenvalue weighted by molar-refractivity contribution is 7.08. The molecule has 2 atom stereocenters. The van der Waals surface area contributed by atoms with Crippen LogP contribution in [0.15, 0.2) is 0 Å². The maximum atomic E-state index is 12.7. The third kappa shape index (κ3) is 2.79. The lowest BCUT2D eigenvalue weighted by Crippen LogP contribution is -2.27. The summed E-state index contributed by atoms with van der Waals surface area (Å²) in [5.41, 5.74) is 0.924. The van der Waals surface area contributed by atoms with Crippen molar-refractivity contribution in [2.45, 2.75) is 58.8 Å². The minimum Gasteiger partial charge on any atom is -0.293 e. The minimum atomic E-state index is 0.224. The van der Waals surface area contributed by atoms with Crippen LogP contribution in [0.2, 0.25) is 0 Å². The minimum absolute atomic E-state index is 0.224. The van der Waals surface area contributed by atoms with Crippen LogP contribution in [0.3, 0.4) is 0 Å². The number of rotatable bonds is 5. The molecule has 0 N–H and O–H groups in total. The van der Waals surface area contributed by atoms with Gasteiger partial charge in [0.05, 0.1) is 5.69 Å². The summed E-state index contributed by atoms with van der Waals surface area (Å²) in [7, 11) is 0. The first-order valence-corrected chi connectivity index (χ1v) is 7.90. The molecule has 18 heavy (non-hydrogen) atoms. The van der Waals surface area contributed by atoms with Gasteiger partial charge >= 0.3 is 0 Å². The SMILES string of the molecule is CCCc1nnsc1C(=O)C1CCCCC1CC. The van der Waals surface area contributed by atoms with Gasteiger partial charge < -0.3 is 0 Å². The van der Waals surface area contributed by atoms with E-state index in [9.17, 15) is 4.79 Å². The molecule has 1 aliphatic rings.